The average Bonchev–Trinajstić information content (AvgIpc) is 2.55. The minimum Gasteiger partial charge on any atom is -0.352 e. The molecule has 1 aromatic carbocycles. The van der Waals surface area contributed by atoms with Crippen LogP contribution in [0.5, 0.6) is 0 Å². The highest BCUT2D eigenvalue weighted by molar-refractivity contribution is 7.92. The molecule has 0 radical (unpaired) electrons. The van der Waals surface area contributed by atoms with Gasteiger partial charge in [-0.05, 0) is 37.3 Å². The summed E-state index contributed by atoms with van der Waals surface area (Å²) in [5.74, 6) is -1.70. The number of pyridine rings is 1. The van der Waals surface area contributed by atoms with E-state index in [1.165, 1.54) is 24.4 Å². The number of amides is 2. The van der Waals surface area contributed by atoms with Crippen molar-refractivity contribution in [2.45, 2.75) is 11.9 Å². The Labute approximate surface area is 140 Å². The maximum Gasteiger partial charge on any atom is 0.251 e. The van der Waals surface area contributed by atoms with Gasteiger partial charge in [-0.1, -0.05) is 12.1 Å². The molecule has 0 aliphatic rings. The third-order valence-electron chi connectivity index (χ3n) is 3.02. The van der Waals surface area contributed by atoms with Crippen LogP contribution in [-0.2, 0) is 14.6 Å². The fourth-order valence-electron chi connectivity index (χ4n) is 1.98. The molecule has 1 heterocycles. The molecule has 0 unspecified atom stereocenters. The Morgan fingerprint density at radius 3 is 2.58 bits per heavy atom. The summed E-state index contributed by atoms with van der Waals surface area (Å²) in [7, 11) is -3.82. The summed E-state index contributed by atoms with van der Waals surface area (Å²) in [5, 5.41) is 4.97. The van der Waals surface area contributed by atoms with Crippen molar-refractivity contribution >= 4 is 27.3 Å². The first-order valence-corrected chi connectivity index (χ1v) is 8.89. The lowest BCUT2D eigenvalue weighted by Gasteiger charge is -2.08. The molecule has 126 valence electrons. The normalized spacial score (nSPS) is 10.9. The zero-order valence-electron chi connectivity index (χ0n) is 13.0. The second-order valence-electron chi connectivity index (χ2n) is 4.92. The van der Waals surface area contributed by atoms with Crippen LogP contribution >= 0.6 is 0 Å². The molecular weight excluding hydrogens is 330 g/mol. The number of hydrogen-bond donors (Lipinski definition) is 2. The zero-order chi connectivity index (χ0) is 17.6. The van der Waals surface area contributed by atoms with E-state index in [1.54, 1.807) is 31.2 Å². The Hall–Kier alpha value is -2.74. The van der Waals surface area contributed by atoms with Crippen molar-refractivity contribution in [2.75, 3.05) is 17.6 Å². The van der Waals surface area contributed by atoms with E-state index in [-0.39, 0.29) is 10.9 Å². The summed E-state index contributed by atoms with van der Waals surface area (Å²) in [5.41, 5.74) is 0.724. The highest BCUT2D eigenvalue weighted by Crippen LogP contribution is 2.12. The summed E-state index contributed by atoms with van der Waals surface area (Å²) in [6.45, 7) is 2.28. The van der Waals surface area contributed by atoms with Crippen LogP contribution in [0.3, 0.4) is 0 Å². The molecule has 0 saturated heterocycles. The molecule has 24 heavy (non-hydrogen) atoms. The van der Waals surface area contributed by atoms with Gasteiger partial charge in [-0.2, -0.15) is 0 Å². The van der Waals surface area contributed by atoms with Crippen molar-refractivity contribution in [1.29, 1.82) is 0 Å². The first kappa shape index (κ1) is 17.6. The maximum atomic E-state index is 12.1. The molecule has 0 fully saturated rings. The Morgan fingerprint density at radius 2 is 1.92 bits per heavy atom. The number of carbonyl (C=O) groups is 2. The number of benzene rings is 1. The van der Waals surface area contributed by atoms with Gasteiger partial charge in [0.1, 0.15) is 5.75 Å². The fourth-order valence-corrected chi connectivity index (χ4v) is 3.05. The van der Waals surface area contributed by atoms with Gasteiger partial charge in [0.25, 0.3) is 5.91 Å². The van der Waals surface area contributed by atoms with E-state index in [0.717, 1.165) is 0 Å². The average molecular weight is 347 g/mol. The topological polar surface area (TPSA) is 105 Å². The van der Waals surface area contributed by atoms with Gasteiger partial charge in [0.15, 0.2) is 5.03 Å². The minimum atomic E-state index is -3.82. The van der Waals surface area contributed by atoms with E-state index < -0.39 is 21.5 Å². The summed E-state index contributed by atoms with van der Waals surface area (Å²) < 4.78 is 24.2. The first-order chi connectivity index (χ1) is 11.4. The van der Waals surface area contributed by atoms with Crippen molar-refractivity contribution < 1.29 is 18.0 Å². The molecule has 8 heteroatoms. The maximum absolute atomic E-state index is 12.1. The molecule has 0 aliphatic heterocycles. The summed E-state index contributed by atoms with van der Waals surface area (Å²) in [6, 6.07) is 10.7. The number of hydrogen-bond acceptors (Lipinski definition) is 5. The SMILES string of the molecule is CCNC(=O)c1cccc(NC(=O)CS(=O)(=O)c2ccccn2)c1. The second-order valence-corrected chi connectivity index (χ2v) is 6.85. The molecule has 7 nitrogen and oxygen atoms in total. The standard InChI is InChI=1S/C16H17N3O4S/c1-2-17-16(21)12-6-5-7-13(10-12)19-14(20)11-24(22,23)15-8-3-4-9-18-15/h3-10H,2,11H2,1H3,(H,17,21)(H,19,20). The van der Waals surface area contributed by atoms with Crippen LogP contribution in [0.2, 0.25) is 0 Å². The van der Waals surface area contributed by atoms with Gasteiger partial charge >= 0.3 is 0 Å². The Bertz CT molecular complexity index is 835. The molecular formula is C16H17N3O4S. The van der Waals surface area contributed by atoms with E-state index in [1.807, 2.05) is 0 Å². The third kappa shape index (κ3) is 4.63. The van der Waals surface area contributed by atoms with Crippen LogP contribution < -0.4 is 10.6 Å². The number of rotatable bonds is 6. The van der Waals surface area contributed by atoms with Crippen LogP contribution in [0.1, 0.15) is 17.3 Å². The summed E-state index contributed by atoms with van der Waals surface area (Å²) in [6.07, 6.45) is 1.35. The van der Waals surface area contributed by atoms with E-state index in [2.05, 4.69) is 15.6 Å². The summed E-state index contributed by atoms with van der Waals surface area (Å²) >= 11 is 0. The monoisotopic (exact) mass is 347 g/mol. The highest BCUT2D eigenvalue weighted by atomic mass is 32.2. The Kier molecular flexibility index (Phi) is 5.64. The molecule has 0 atom stereocenters. The van der Waals surface area contributed by atoms with Crippen LogP contribution in [0.25, 0.3) is 0 Å². The van der Waals surface area contributed by atoms with E-state index in [4.69, 9.17) is 0 Å². The smallest absolute Gasteiger partial charge is 0.251 e. The molecule has 0 bridgehead atoms. The number of anilines is 1. The van der Waals surface area contributed by atoms with Crippen LogP contribution in [0, 0.1) is 0 Å². The van der Waals surface area contributed by atoms with Crippen LogP contribution in [0.15, 0.2) is 53.7 Å². The molecule has 0 spiro atoms. The number of nitrogens with zero attached hydrogens (tertiary/aromatic N) is 1. The first-order valence-electron chi connectivity index (χ1n) is 7.24. The molecule has 2 amide bonds. The van der Waals surface area contributed by atoms with Gasteiger partial charge in [0.2, 0.25) is 15.7 Å². The van der Waals surface area contributed by atoms with Gasteiger partial charge in [0, 0.05) is 24.0 Å². The number of nitrogens with one attached hydrogen (secondary N) is 2. The van der Waals surface area contributed by atoms with E-state index >= 15 is 0 Å². The van der Waals surface area contributed by atoms with Crippen LogP contribution in [0.4, 0.5) is 5.69 Å². The highest BCUT2D eigenvalue weighted by Gasteiger charge is 2.20. The van der Waals surface area contributed by atoms with Gasteiger partial charge in [-0.25, -0.2) is 13.4 Å². The van der Waals surface area contributed by atoms with Crippen LogP contribution in [-0.4, -0.2) is 37.5 Å². The Balaban J connectivity index is 2.08. The van der Waals surface area contributed by atoms with Gasteiger partial charge < -0.3 is 10.6 Å². The van der Waals surface area contributed by atoms with Crippen molar-refractivity contribution in [3.63, 3.8) is 0 Å². The zero-order valence-corrected chi connectivity index (χ0v) is 13.8. The van der Waals surface area contributed by atoms with Crippen molar-refractivity contribution in [2.24, 2.45) is 0 Å². The van der Waals surface area contributed by atoms with E-state index in [9.17, 15) is 18.0 Å². The van der Waals surface area contributed by atoms with Crippen molar-refractivity contribution in [1.82, 2.24) is 10.3 Å². The molecule has 2 N–H and O–H groups in total. The molecule has 1 aromatic heterocycles. The van der Waals surface area contributed by atoms with Gasteiger partial charge in [-0.15, -0.1) is 0 Å². The van der Waals surface area contributed by atoms with Gasteiger partial charge in [0.05, 0.1) is 0 Å². The number of aromatic nitrogens is 1. The third-order valence-corrected chi connectivity index (χ3v) is 4.54. The largest absolute Gasteiger partial charge is 0.352 e. The lowest BCUT2D eigenvalue weighted by atomic mass is 10.2. The molecule has 0 aliphatic carbocycles. The van der Waals surface area contributed by atoms with E-state index in [0.29, 0.717) is 17.8 Å². The molecule has 0 saturated carbocycles. The van der Waals surface area contributed by atoms with Crippen molar-refractivity contribution in [3.8, 4) is 0 Å². The molecule has 2 aromatic rings. The number of carbonyl (C=O) groups excluding carboxylic acids is 2. The quantitative estimate of drug-likeness (QED) is 0.818. The Morgan fingerprint density at radius 1 is 1.12 bits per heavy atom. The van der Waals surface area contributed by atoms with Gasteiger partial charge in [-0.3, -0.25) is 9.59 Å². The second kappa shape index (κ2) is 7.69. The lowest BCUT2D eigenvalue weighted by Crippen LogP contribution is -2.24. The van der Waals surface area contributed by atoms with Crippen molar-refractivity contribution in [3.05, 3.63) is 54.2 Å². The minimum absolute atomic E-state index is 0.156. The fraction of sp³-hybridized carbons (Fsp3) is 0.188. The molecule has 2 rings (SSSR count). The predicted octanol–water partition coefficient (Wildman–Crippen LogP) is 1.24. The predicted molar refractivity (Wildman–Crippen MR) is 89.4 cm³/mol. The lowest BCUT2D eigenvalue weighted by molar-refractivity contribution is -0.113. The summed E-state index contributed by atoms with van der Waals surface area (Å²) in [4.78, 5) is 27.5. The number of sulfone groups is 1.